The summed E-state index contributed by atoms with van der Waals surface area (Å²) in [6.07, 6.45) is 2.40. The van der Waals surface area contributed by atoms with Crippen molar-refractivity contribution in [1.29, 1.82) is 0 Å². The first-order valence-electron chi connectivity index (χ1n) is 7.18. The lowest BCUT2D eigenvalue weighted by molar-refractivity contribution is -0.122. The molecule has 0 aliphatic heterocycles. The van der Waals surface area contributed by atoms with Gasteiger partial charge < -0.3 is 10.6 Å². The molecule has 1 aliphatic rings. The van der Waals surface area contributed by atoms with Crippen LogP contribution >= 0.6 is 0 Å². The lowest BCUT2D eigenvalue weighted by Gasteiger charge is -2.23. The van der Waals surface area contributed by atoms with E-state index in [4.69, 9.17) is 0 Å². The first-order chi connectivity index (χ1) is 9.91. The molecular weight excluding hydrogens is 264 g/mol. The monoisotopic (exact) mass is 286 g/mol. The number of hydrogen-bond donors (Lipinski definition) is 2. The molecule has 2 rings (SSSR count). The number of carbonyl (C=O) groups is 2. The third-order valence-electron chi connectivity index (χ3n) is 4.19. The molecule has 112 valence electrons. The zero-order valence-corrected chi connectivity index (χ0v) is 12.6. The largest absolute Gasteiger partial charge is 0.352 e. The van der Waals surface area contributed by atoms with Gasteiger partial charge in [-0.3, -0.25) is 9.59 Å². The Balaban J connectivity index is 1.98. The molecule has 1 saturated carbocycles. The molecule has 1 aliphatic carbocycles. The quantitative estimate of drug-likeness (QED) is 0.787. The predicted octanol–water partition coefficient (Wildman–Crippen LogP) is 2.12. The SMILES string of the molecule is C=CC(=O)NCCC(=O)NC1(c2ccccc2)CC1(C)C. The van der Waals surface area contributed by atoms with E-state index in [2.05, 4.69) is 43.2 Å². The van der Waals surface area contributed by atoms with Gasteiger partial charge in [-0.25, -0.2) is 0 Å². The summed E-state index contributed by atoms with van der Waals surface area (Å²) in [5.41, 5.74) is 0.904. The summed E-state index contributed by atoms with van der Waals surface area (Å²) in [6, 6.07) is 10.0. The zero-order chi connectivity index (χ0) is 15.5. The van der Waals surface area contributed by atoms with Crippen molar-refractivity contribution in [2.24, 2.45) is 5.41 Å². The first-order valence-corrected chi connectivity index (χ1v) is 7.18. The fourth-order valence-corrected chi connectivity index (χ4v) is 2.79. The van der Waals surface area contributed by atoms with E-state index < -0.39 is 0 Å². The second-order valence-corrected chi connectivity index (χ2v) is 6.13. The molecule has 0 saturated heterocycles. The van der Waals surface area contributed by atoms with E-state index in [1.54, 1.807) is 0 Å². The first kappa shape index (κ1) is 15.3. The highest BCUT2D eigenvalue weighted by Gasteiger charge is 2.62. The van der Waals surface area contributed by atoms with Crippen LogP contribution in [-0.4, -0.2) is 18.4 Å². The molecule has 1 aromatic carbocycles. The molecule has 1 fully saturated rings. The smallest absolute Gasteiger partial charge is 0.243 e. The van der Waals surface area contributed by atoms with Gasteiger partial charge in [0.15, 0.2) is 0 Å². The molecule has 0 spiro atoms. The lowest BCUT2D eigenvalue weighted by atomic mass is 9.96. The van der Waals surface area contributed by atoms with Gasteiger partial charge in [-0.2, -0.15) is 0 Å². The summed E-state index contributed by atoms with van der Waals surface area (Å²) >= 11 is 0. The minimum absolute atomic E-state index is 0.0474. The van der Waals surface area contributed by atoms with Crippen LogP contribution in [0.15, 0.2) is 43.0 Å². The third-order valence-corrected chi connectivity index (χ3v) is 4.19. The molecule has 0 bridgehead atoms. The van der Waals surface area contributed by atoms with E-state index in [9.17, 15) is 9.59 Å². The summed E-state index contributed by atoms with van der Waals surface area (Å²) in [4.78, 5) is 23.2. The van der Waals surface area contributed by atoms with Crippen molar-refractivity contribution in [3.05, 3.63) is 48.6 Å². The fourth-order valence-electron chi connectivity index (χ4n) is 2.79. The molecule has 2 amide bonds. The van der Waals surface area contributed by atoms with Crippen molar-refractivity contribution in [3.63, 3.8) is 0 Å². The third kappa shape index (κ3) is 3.15. The van der Waals surface area contributed by atoms with Crippen LogP contribution in [0.2, 0.25) is 0 Å². The molecular formula is C17H22N2O2. The van der Waals surface area contributed by atoms with E-state index in [-0.39, 0.29) is 29.2 Å². The van der Waals surface area contributed by atoms with Gasteiger partial charge in [-0.1, -0.05) is 50.8 Å². The van der Waals surface area contributed by atoms with Crippen LogP contribution in [0.5, 0.6) is 0 Å². The van der Waals surface area contributed by atoms with Crippen molar-refractivity contribution in [2.45, 2.75) is 32.2 Å². The molecule has 0 heterocycles. The van der Waals surface area contributed by atoms with Crippen LogP contribution in [0.3, 0.4) is 0 Å². The molecule has 4 heteroatoms. The van der Waals surface area contributed by atoms with Crippen molar-refractivity contribution in [1.82, 2.24) is 10.6 Å². The standard InChI is InChI=1S/C17H22N2O2/c1-4-14(20)18-11-10-15(21)19-17(12-16(17,2)3)13-8-6-5-7-9-13/h4-9H,1,10-12H2,2-3H3,(H,18,20)(H,19,21). The highest BCUT2D eigenvalue weighted by Crippen LogP contribution is 2.62. The van der Waals surface area contributed by atoms with E-state index in [0.29, 0.717) is 6.54 Å². The van der Waals surface area contributed by atoms with Gasteiger partial charge >= 0.3 is 0 Å². The maximum atomic E-state index is 12.1. The number of benzene rings is 1. The topological polar surface area (TPSA) is 58.2 Å². The normalized spacial score (nSPS) is 22.2. The summed E-state index contributed by atoms with van der Waals surface area (Å²) in [6.45, 7) is 8.00. The molecule has 1 aromatic rings. The van der Waals surface area contributed by atoms with Crippen molar-refractivity contribution < 1.29 is 9.59 Å². The van der Waals surface area contributed by atoms with Gasteiger partial charge in [0.2, 0.25) is 11.8 Å². The van der Waals surface area contributed by atoms with Gasteiger partial charge in [0.1, 0.15) is 0 Å². The van der Waals surface area contributed by atoms with Gasteiger partial charge in [0, 0.05) is 13.0 Å². The number of rotatable bonds is 6. The van der Waals surface area contributed by atoms with E-state index in [1.165, 1.54) is 6.08 Å². The highest BCUT2D eigenvalue weighted by molar-refractivity contribution is 5.87. The minimum atomic E-state index is -0.284. The summed E-state index contributed by atoms with van der Waals surface area (Å²) in [5, 5.41) is 5.76. The number of hydrogen-bond acceptors (Lipinski definition) is 2. The summed E-state index contributed by atoms with van der Waals surface area (Å²) in [5.74, 6) is -0.305. The van der Waals surface area contributed by atoms with Gasteiger partial charge in [-0.15, -0.1) is 0 Å². The van der Waals surface area contributed by atoms with Crippen LogP contribution in [0.1, 0.15) is 32.3 Å². The average Bonchev–Trinajstić information content (AvgIpc) is 3.02. The molecule has 1 unspecified atom stereocenters. The molecule has 21 heavy (non-hydrogen) atoms. The maximum absolute atomic E-state index is 12.1. The summed E-state index contributed by atoms with van der Waals surface area (Å²) in [7, 11) is 0. The van der Waals surface area contributed by atoms with Crippen LogP contribution in [0.25, 0.3) is 0 Å². The highest BCUT2D eigenvalue weighted by atomic mass is 16.2. The van der Waals surface area contributed by atoms with Crippen molar-refractivity contribution in [2.75, 3.05) is 6.54 Å². The lowest BCUT2D eigenvalue weighted by Crippen LogP contribution is -2.39. The van der Waals surface area contributed by atoms with Gasteiger partial charge in [0.25, 0.3) is 0 Å². The van der Waals surface area contributed by atoms with E-state index >= 15 is 0 Å². The van der Waals surface area contributed by atoms with Gasteiger partial charge in [-0.05, 0) is 23.5 Å². The molecule has 1 atom stereocenters. The Morgan fingerprint density at radius 1 is 1.29 bits per heavy atom. The van der Waals surface area contributed by atoms with E-state index in [1.807, 2.05) is 18.2 Å². The average molecular weight is 286 g/mol. The molecule has 4 nitrogen and oxygen atoms in total. The Bertz CT molecular complexity index is 551. The maximum Gasteiger partial charge on any atom is 0.243 e. The number of amides is 2. The Hall–Kier alpha value is -2.10. The molecule has 2 N–H and O–H groups in total. The minimum Gasteiger partial charge on any atom is -0.352 e. The number of nitrogens with one attached hydrogen (secondary N) is 2. The Morgan fingerprint density at radius 2 is 1.90 bits per heavy atom. The molecule has 0 radical (unpaired) electrons. The Morgan fingerprint density at radius 3 is 2.43 bits per heavy atom. The van der Waals surface area contributed by atoms with Crippen LogP contribution in [0, 0.1) is 5.41 Å². The number of carbonyl (C=O) groups excluding carboxylic acids is 2. The second-order valence-electron chi connectivity index (χ2n) is 6.13. The van der Waals surface area contributed by atoms with E-state index in [0.717, 1.165) is 12.0 Å². The van der Waals surface area contributed by atoms with Crippen molar-refractivity contribution in [3.8, 4) is 0 Å². The van der Waals surface area contributed by atoms with Gasteiger partial charge in [0.05, 0.1) is 5.54 Å². The van der Waals surface area contributed by atoms with Crippen LogP contribution in [-0.2, 0) is 15.1 Å². The van der Waals surface area contributed by atoms with Crippen LogP contribution in [0.4, 0.5) is 0 Å². The van der Waals surface area contributed by atoms with Crippen molar-refractivity contribution >= 4 is 11.8 Å². The second kappa shape index (κ2) is 5.72. The zero-order valence-electron chi connectivity index (χ0n) is 12.6. The van der Waals surface area contributed by atoms with Crippen LogP contribution < -0.4 is 10.6 Å². The predicted molar refractivity (Wildman–Crippen MR) is 82.5 cm³/mol. The Kier molecular flexibility index (Phi) is 4.16. The summed E-state index contributed by atoms with van der Waals surface area (Å²) < 4.78 is 0. The Labute approximate surface area is 125 Å². The molecule has 0 aromatic heterocycles. The fraction of sp³-hybridized carbons (Fsp3) is 0.412.